The number of aliphatic imine (C=N–C) groups is 1. The van der Waals surface area contributed by atoms with Crippen LogP contribution < -0.4 is 5.32 Å². The van der Waals surface area contributed by atoms with Crippen LogP contribution in [-0.2, 0) is 14.3 Å². The molecule has 5 nitrogen and oxygen atoms in total. The topological polar surface area (TPSA) is 59.9 Å². The molecule has 2 aliphatic heterocycles. The van der Waals surface area contributed by atoms with Gasteiger partial charge in [-0.25, -0.2) is 4.39 Å². The van der Waals surface area contributed by atoms with Crippen molar-refractivity contribution < 1.29 is 18.7 Å². The number of allylic oxidation sites excluding steroid dienone is 2. The van der Waals surface area contributed by atoms with Gasteiger partial charge in [0.1, 0.15) is 31.0 Å². The maximum Gasteiger partial charge on any atom is 0.232 e. The summed E-state index contributed by atoms with van der Waals surface area (Å²) in [5, 5.41) is 2.90. The molecule has 2 heterocycles. The first kappa shape index (κ1) is 13.8. The van der Waals surface area contributed by atoms with Crippen LogP contribution in [0.2, 0.25) is 0 Å². The number of nitrogens with zero attached hydrogens (tertiary/aromatic N) is 1. The lowest BCUT2D eigenvalue weighted by atomic mass is 9.88. The van der Waals surface area contributed by atoms with Gasteiger partial charge < -0.3 is 14.8 Å². The lowest BCUT2D eigenvalue weighted by Gasteiger charge is -2.24. The summed E-state index contributed by atoms with van der Waals surface area (Å²) >= 11 is 0. The van der Waals surface area contributed by atoms with Gasteiger partial charge in [0.2, 0.25) is 5.91 Å². The summed E-state index contributed by atoms with van der Waals surface area (Å²) in [7, 11) is 0. The summed E-state index contributed by atoms with van der Waals surface area (Å²) in [6.07, 6.45) is 10.00. The van der Waals surface area contributed by atoms with Crippen molar-refractivity contribution in [2.45, 2.75) is 37.6 Å². The predicted octanol–water partition coefficient (Wildman–Crippen LogP) is 1.77. The minimum atomic E-state index is -0.483. The van der Waals surface area contributed by atoms with Crippen LogP contribution >= 0.6 is 0 Å². The first-order valence-electron chi connectivity index (χ1n) is 7.51. The molecule has 2 fully saturated rings. The predicted molar refractivity (Wildman–Crippen MR) is 77.7 cm³/mol. The molecule has 116 valence electrons. The van der Waals surface area contributed by atoms with E-state index in [0.29, 0.717) is 6.42 Å². The molecule has 3 atom stereocenters. The second-order valence-electron chi connectivity index (χ2n) is 6.04. The molecule has 0 aromatic carbocycles. The Kier molecular flexibility index (Phi) is 3.23. The molecule has 0 radical (unpaired) electrons. The summed E-state index contributed by atoms with van der Waals surface area (Å²) in [6.45, 7) is 0.289. The smallest absolute Gasteiger partial charge is 0.232 e. The molecule has 0 aromatic heterocycles. The number of hydrogen-bond acceptors (Lipinski definition) is 4. The highest BCUT2D eigenvalue weighted by molar-refractivity contribution is 5.90. The van der Waals surface area contributed by atoms with Gasteiger partial charge in [0.05, 0.1) is 11.6 Å². The van der Waals surface area contributed by atoms with E-state index in [2.05, 4.69) is 10.3 Å². The fourth-order valence-corrected chi connectivity index (χ4v) is 3.10. The van der Waals surface area contributed by atoms with Gasteiger partial charge in [0.25, 0.3) is 0 Å². The second kappa shape index (κ2) is 5.14. The van der Waals surface area contributed by atoms with Gasteiger partial charge in [0, 0.05) is 6.42 Å². The van der Waals surface area contributed by atoms with Gasteiger partial charge in [-0.2, -0.15) is 0 Å². The molecule has 1 saturated heterocycles. The van der Waals surface area contributed by atoms with Crippen molar-refractivity contribution in [1.29, 1.82) is 0 Å². The summed E-state index contributed by atoms with van der Waals surface area (Å²) < 4.78 is 23.8. The fourth-order valence-electron chi connectivity index (χ4n) is 3.10. The molecule has 6 heteroatoms. The zero-order chi connectivity index (χ0) is 15.2. The molecule has 22 heavy (non-hydrogen) atoms. The van der Waals surface area contributed by atoms with E-state index in [1.807, 2.05) is 18.2 Å². The normalized spacial score (nSPS) is 34.7. The van der Waals surface area contributed by atoms with Crippen LogP contribution in [-0.4, -0.2) is 37.3 Å². The average molecular weight is 304 g/mol. The van der Waals surface area contributed by atoms with Crippen LogP contribution in [0.3, 0.4) is 0 Å². The number of hydrogen-bond donors (Lipinski definition) is 1. The van der Waals surface area contributed by atoms with Crippen LogP contribution in [0.4, 0.5) is 4.39 Å². The minimum absolute atomic E-state index is 0.0429. The first-order chi connectivity index (χ1) is 10.7. The van der Waals surface area contributed by atoms with Crippen molar-refractivity contribution in [3.05, 3.63) is 35.7 Å². The average Bonchev–Trinajstić information content (AvgIpc) is 3.21. The van der Waals surface area contributed by atoms with E-state index in [9.17, 15) is 9.18 Å². The SMILES string of the molecule is O=C(NC1CC=C(F)C=N1)C1(C2=CC3OCOC3C=C2)CC1. The number of amides is 1. The van der Waals surface area contributed by atoms with E-state index >= 15 is 0 Å². The summed E-state index contributed by atoms with van der Waals surface area (Å²) in [6, 6.07) is 0. The third kappa shape index (κ3) is 2.32. The van der Waals surface area contributed by atoms with E-state index in [1.165, 1.54) is 6.08 Å². The Hall–Kier alpha value is -1.79. The third-order valence-electron chi connectivity index (χ3n) is 4.60. The zero-order valence-corrected chi connectivity index (χ0v) is 12.0. The summed E-state index contributed by atoms with van der Waals surface area (Å²) in [5.74, 6) is -0.396. The molecule has 0 aromatic rings. The van der Waals surface area contributed by atoms with Crippen molar-refractivity contribution in [2.75, 3.05) is 6.79 Å². The number of dihydropyridines is 1. The van der Waals surface area contributed by atoms with Gasteiger partial charge in [-0.05, 0) is 30.6 Å². The van der Waals surface area contributed by atoms with Gasteiger partial charge in [-0.15, -0.1) is 0 Å². The monoisotopic (exact) mass is 304 g/mol. The highest BCUT2D eigenvalue weighted by Gasteiger charge is 2.53. The van der Waals surface area contributed by atoms with Crippen molar-refractivity contribution in [2.24, 2.45) is 10.4 Å². The van der Waals surface area contributed by atoms with E-state index < -0.39 is 5.41 Å². The zero-order valence-electron chi connectivity index (χ0n) is 12.0. The van der Waals surface area contributed by atoms with Crippen molar-refractivity contribution in [3.63, 3.8) is 0 Å². The maximum atomic E-state index is 12.9. The quantitative estimate of drug-likeness (QED) is 0.864. The Morgan fingerprint density at radius 3 is 2.91 bits per heavy atom. The Bertz CT molecular complexity index is 619. The Morgan fingerprint density at radius 1 is 1.36 bits per heavy atom. The van der Waals surface area contributed by atoms with E-state index in [0.717, 1.165) is 24.6 Å². The third-order valence-corrected chi connectivity index (χ3v) is 4.60. The summed E-state index contributed by atoms with van der Waals surface area (Å²) in [4.78, 5) is 16.6. The van der Waals surface area contributed by atoms with Crippen LogP contribution in [0.1, 0.15) is 19.3 Å². The number of nitrogens with one attached hydrogen (secondary N) is 1. The molecular formula is C16H17FN2O3. The van der Waals surface area contributed by atoms with E-state index in [-0.39, 0.29) is 36.9 Å². The van der Waals surface area contributed by atoms with Crippen LogP contribution in [0, 0.1) is 5.41 Å². The Morgan fingerprint density at radius 2 is 2.18 bits per heavy atom. The lowest BCUT2D eigenvalue weighted by Crippen LogP contribution is -2.40. The van der Waals surface area contributed by atoms with Gasteiger partial charge in [-0.1, -0.05) is 12.2 Å². The molecule has 2 aliphatic carbocycles. The van der Waals surface area contributed by atoms with Crippen LogP contribution in [0.25, 0.3) is 0 Å². The molecule has 4 rings (SSSR count). The lowest BCUT2D eigenvalue weighted by molar-refractivity contribution is -0.125. The molecular weight excluding hydrogens is 287 g/mol. The van der Waals surface area contributed by atoms with Crippen molar-refractivity contribution >= 4 is 12.1 Å². The largest absolute Gasteiger partial charge is 0.345 e. The number of carbonyl (C=O) groups excluding carboxylic acids is 1. The second-order valence-corrected chi connectivity index (χ2v) is 6.04. The molecule has 0 spiro atoms. The first-order valence-corrected chi connectivity index (χ1v) is 7.51. The minimum Gasteiger partial charge on any atom is -0.345 e. The molecule has 0 bridgehead atoms. The number of halogens is 1. The molecule has 1 saturated carbocycles. The van der Waals surface area contributed by atoms with Crippen molar-refractivity contribution in [1.82, 2.24) is 5.32 Å². The number of rotatable bonds is 3. The van der Waals surface area contributed by atoms with E-state index in [1.54, 1.807) is 0 Å². The number of carbonyl (C=O) groups is 1. The van der Waals surface area contributed by atoms with E-state index in [4.69, 9.17) is 9.47 Å². The Balaban J connectivity index is 1.46. The summed E-state index contributed by atoms with van der Waals surface area (Å²) in [5.41, 5.74) is 0.501. The molecule has 3 unspecified atom stereocenters. The molecule has 4 aliphatic rings. The van der Waals surface area contributed by atoms with Crippen molar-refractivity contribution in [3.8, 4) is 0 Å². The number of fused-ring (bicyclic) bond motifs is 1. The fraction of sp³-hybridized carbons (Fsp3) is 0.500. The van der Waals surface area contributed by atoms with Gasteiger partial charge in [-0.3, -0.25) is 9.79 Å². The maximum absolute atomic E-state index is 12.9. The van der Waals surface area contributed by atoms with Crippen LogP contribution in [0.15, 0.2) is 40.7 Å². The number of ether oxygens (including phenoxy) is 2. The molecule has 1 N–H and O–H groups in total. The standard InChI is InChI=1S/C16H17FN2O3/c17-11-2-4-14(18-8-11)19-15(20)16(5-6-16)10-1-3-12-13(7-10)22-9-21-12/h1-3,7-8,12-14H,4-6,9H2,(H,19,20). The van der Waals surface area contributed by atoms with Gasteiger partial charge in [0.15, 0.2) is 0 Å². The Labute approximate surface area is 127 Å². The highest BCUT2D eigenvalue weighted by atomic mass is 19.1. The highest BCUT2D eigenvalue weighted by Crippen LogP contribution is 2.53. The molecule has 1 amide bonds. The van der Waals surface area contributed by atoms with Crippen LogP contribution in [0.5, 0.6) is 0 Å². The van der Waals surface area contributed by atoms with Gasteiger partial charge >= 0.3 is 0 Å².